The van der Waals surface area contributed by atoms with Gasteiger partial charge in [0.1, 0.15) is 0 Å². The van der Waals surface area contributed by atoms with Crippen molar-refractivity contribution in [2.75, 3.05) is 0 Å². The minimum atomic E-state index is -3.38. The molecule has 17 heavy (non-hydrogen) atoms. The van der Waals surface area contributed by atoms with Crippen LogP contribution in [0, 0.1) is 5.92 Å². The van der Waals surface area contributed by atoms with Gasteiger partial charge in [0.15, 0.2) is 9.84 Å². The van der Waals surface area contributed by atoms with Crippen LogP contribution in [0.15, 0.2) is 35.2 Å². The molecule has 1 N–H and O–H groups in total. The smallest absolute Gasteiger partial charge is 0.183 e. The summed E-state index contributed by atoms with van der Waals surface area (Å²) in [5.74, 6) is 0.409. The first-order valence-corrected chi connectivity index (χ1v) is 7.53. The Labute approximate surface area is 102 Å². The molecule has 1 fully saturated rings. The second-order valence-electron chi connectivity index (χ2n) is 4.88. The minimum Gasteiger partial charge on any atom is -0.392 e. The Hall–Kier alpha value is -0.870. The molecule has 3 nitrogen and oxygen atoms in total. The van der Waals surface area contributed by atoms with Gasteiger partial charge in [-0.25, -0.2) is 8.42 Å². The highest BCUT2D eigenvalue weighted by atomic mass is 32.2. The van der Waals surface area contributed by atoms with Gasteiger partial charge in [-0.1, -0.05) is 25.1 Å². The van der Waals surface area contributed by atoms with Crippen LogP contribution in [0.5, 0.6) is 0 Å². The maximum Gasteiger partial charge on any atom is 0.183 e. The summed E-state index contributed by atoms with van der Waals surface area (Å²) < 4.78 is 24.7. The molecule has 0 amide bonds. The third-order valence-electron chi connectivity index (χ3n) is 3.49. The van der Waals surface area contributed by atoms with E-state index in [9.17, 15) is 13.5 Å². The number of aliphatic hydroxyl groups is 1. The Morgan fingerprint density at radius 3 is 2.41 bits per heavy atom. The molecular formula is C13H18O3S. The zero-order valence-electron chi connectivity index (χ0n) is 9.91. The summed E-state index contributed by atoms with van der Waals surface area (Å²) in [6, 6.07) is 8.41. The predicted molar refractivity (Wildman–Crippen MR) is 66.4 cm³/mol. The monoisotopic (exact) mass is 254 g/mol. The van der Waals surface area contributed by atoms with Gasteiger partial charge in [0.2, 0.25) is 0 Å². The second-order valence-corrected chi connectivity index (χ2v) is 7.05. The minimum absolute atomic E-state index is 0.318. The molecule has 1 unspecified atom stereocenters. The van der Waals surface area contributed by atoms with Crippen LogP contribution in [0.4, 0.5) is 0 Å². The molecule has 1 aromatic carbocycles. The second kappa shape index (κ2) is 4.78. The van der Waals surface area contributed by atoms with E-state index < -0.39 is 21.2 Å². The first-order valence-electron chi connectivity index (χ1n) is 5.99. The largest absolute Gasteiger partial charge is 0.392 e. The highest BCUT2D eigenvalue weighted by molar-refractivity contribution is 7.92. The van der Waals surface area contributed by atoms with Crippen molar-refractivity contribution >= 4 is 9.84 Å². The lowest BCUT2D eigenvalue weighted by Gasteiger charge is -2.31. The van der Waals surface area contributed by atoms with Crippen molar-refractivity contribution in [1.29, 1.82) is 0 Å². The molecule has 0 saturated heterocycles. The van der Waals surface area contributed by atoms with Gasteiger partial charge < -0.3 is 5.11 Å². The number of hydrogen-bond acceptors (Lipinski definition) is 3. The molecular weight excluding hydrogens is 236 g/mol. The lowest BCUT2D eigenvalue weighted by molar-refractivity contribution is 0.109. The zero-order valence-corrected chi connectivity index (χ0v) is 10.7. The topological polar surface area (TPSA) is 54.4 Å². The van der Waals surface area contributed by atoms with Crippen LogP contribution < -0.4 is 0 Å². The lowest BCUT2D eigenvalue weighted by Crippen LogP contribution is -2.39. The molecule has 94 valence electrons. The molecule has 1 saturated carbocycles. The van der Waals surface area contributed by atoms with Crippen molar-refractivity contribution < 1.29 is 13.5 Å². The summed E-state index contributed by atoms with van der Waals surface area (Å²) in [6.07, 6.45) is 1.27. The van der Waals surface area contributed by atoms with Gasteiger partial charge >= 0.3 is 0 Å². The van der Waals surface area contributed by atoms with Crippen LogP contribution >= 0.6 is 0 Å². The van der Waals surface area contributed by atoms with Gasteiger partial charge in [0, 0.05) is 0 Å². The van der Waals surface area contributed by atoms with E-state index in [-0.39, 0.29) is 0 Å². The Bertz CT molecular complexity index is 467. The molecule has 3 atom stereocenters. The Morgan fingerprint density at radius 1 is 1.18 bits per heavy atom. The first-order chi connectivity index (χ1) is 8.01. The first kappa shape index (κ1) is 12.6. The number of aliphatic hydroxyl groups excluding tert-OH is 1. The fraction of sp³-hybridized carbons (Fsp3) is 0.538. The third kappa shape index (κ3) is 2.53. The SMILES string of the molecule is C[C@@H]1CCC(S(=O)(=O)c2ccccc2)[C@H](O)C1. The van der Waals surface area contributed by atoms with Crippen LogP contribution in [-0.2, 0) is 9.84 Å². The van der Waals surface area contributed by atoms with Crippen LogP contribution in [-0.4, -0.2) is 24.9 Å². The molecule has 1 aliphatic rings. The van der Waals surface area contributed by atoms with E-state index in [0.29, 0.717) is 23.7 Å². The van der Waals surface area contributed by atoms with Crippen molar-refractivity contribution in [3.05, 3.63) is 30.3 Å². The number of hydrogen-bond donors (Lipinski definition) is 1. The Kier molecular flexibility index (Phi) is 3.54. The molecule has 0 aromatic heterocycles. The third-order valence-corrected chi connectivity index (χ3v) is 5.76. The van der Waals surface area contributed by atoms with Crippen molar-refractivity contribution in [3.63, 3.8) is 0 Å². The van der Waals surface area contributed by atoms with E-state index in [2.05, 4.69) is 6.92 Å². The molecule has 0 heterocycles. The van der Waals surface area contributed by atoms with Gasteiger partial charge in [0.25, 0.3) is 0 Å². The predicted octanol–water partition coefficient (Wildman–Crippen LogP) is 2.01. The number of benzene rings is 1. The molecule has 2 rings (SSSR count). The number of rotatable bonds is 2. The van der Waals surface area contributed by atoms with E-state index in [1.807, 2.05) is 0 Å². The van der Waals surface area contributed by atoms with E-state index in [1.54, 1.807) is 30.3 Å². The van der Waals surface area contributed by atoms with Crippen LogP contribution in [0.1, 0.15) is 26.2 Å². The molecule has 1 aromatic rings. The van der Waals surface area contributed by atoms with Gasteiger partial charge in [0.05, 0.1) is 16.2 Å². The van der Waals surface area contributed by atoms with E-state index in [4.69, 9.17) is 0 Å². The van der Waals surface area contributed by atoms with Gasteiger partial charge in [-0.15, -0.1) is 0 Å². The highest BCUT2D eigenvalue weighted by Gasteiger charge is 2.37. The van der Waals surface area contributed by atoms with E-state index >= 15 is 0 Å². The summed E-state index contributed by atoms with van der Waals surface area (Å²) in [5, 5.41) is 9.32. The van der Waals surface area contributed by atoms with E-state index in [0.717, 1.165) is 6.42 Å². The maximum absolute atomic E-state index is 12.3. The molecule has 4 heteroatoms. The average molecular weight is 254 g/mol. The fourth-order valence-corrected chi connectivity index (χ4v) is 4.33. The Balaban J connectivity index is 2.28. The zero-order chi connectivity index (χ0) is 12.5. The van der Waals surface area contributed by atoms with Crippen molar-refractivity contribution in [2.24, 2.45) is 5.92 Å². The molecule has 0 bridgehead atoms. The summed E-state index contributed by atoms with van der Waals surface area (Å²) in [6.45, 7) is 2.05. The summed E-state index contributed by atoms with van der Waals surface area (Å²) >= 11 is 0. The molecule has 0 radical (unpaired) electrons. The molecule has 1 aliphatic carbocycles. The molecule has 0 aliphatic heterocycles. The van der Waals surface area contributed by atoms with Crippen molar-refractivity contribution in [3.8, 4) is 0 Å². The van der Waals surface area contributed by atoms with Crippen LogP contribution in [0.3, 0.4) is 0 Å². The fourth-order valence-electron chi connectivity index (χ4n) is 2.47. The van der Waals surface area contributed by atoms with Gasteiger partial charge in [-0.05, 0) is 37.3 Å². The van der Waals surface area contributed by atoms with E-state index in [1.165, 1.54) is 0 Å². The molecule has 0 spiro atoms. The van der Waals surface area contributed by atoms with Crippen molar-refractivity contribution in [2.45, 2.75) is 42.4 Å². The van der Waals surface area contributed by atoms with Gasteiger partial charge in [-0.3, -0.25) is 0 Å². The number of sulfone groups is 1. The highest BCUT2D eigenvalue weighted by Crippen LogP contribution is 2.31. The average Bonchev–Trinajstić information content (AvgIpc) is 2.29. The van der Waals surface area contributed by atoms with Gasteiger partial charge in [-0.2, -0.15) is 0 Å². The maximum atomic E-state index is 12.3. The lowest BCUT2D eigenvalue weighted by atomic mass is 9.88. The van der Waals surface area contributed by atoms with Crippen molar-refractivity contribution in [1.82, 2.24) is 0 Å². The standard InChI is InChI=1S/C13H18O3S/c1-10-7-8-13(12(14)9-10)17(15,16)11-5-3-2-4-6-11/h2-6,10,12-14H,7-9H2,1H3/t10-,12-,13?/m1/s1. The summed E-state index contributed by atoms with van der Waals surface area (Å²) in [5.41, 5.74) is 0. The van der Waals surface area contributed by atoms with Crippen LogP contribution in [0.2, 0.25) is 0 Å². The summed E-state index contributed by atoms with van der Waals surface area (Å²) in [4.78, 5) is 0.318. The van der Waals surface area contributed by atoms with Crippen LogP contribution in [0.25, 0.3) is 0 Å². The quantitative estimate of drug-likeness (QED) is 0.878. The normalized spacial score (nSPS) is 30.1. The summed E-state index contributed by atoms with van der Waals surface area (Å²) in [7, 11) is -3.38. The Morgan fingerprint density at radius 2 is 1.82 bits per heavy atom.